The Balaban J connectivity index is 1.58. The number of piperidine rings is 1. The van der Waals surface area contributed by atoms with E-state index in [-0.39, 0.29) is 18.0 Å². The number of rotatable bonds is 12. The topological polar surface area (TPSA) is 69.1 Å². The summed E-state index contributed by atoms with van der Waals surface area (Å²) in [5, 5.41) is 6.44. The van der Waals surface area contributed by atoms with Crippen molar-refractivity contribution in [2.24, 2.45) is 0 Å². The summed E-state index contributed by atoms with van der Waals surface area (Å²) in [6, 6.07) is 11.6. The van der Waals surface area contributed by atoms with Crippen LogP contribution in [0, 0.1) is 5.82 Å². The molecule has 1 unspecified atom stereocenters. The molecular formula is C34H50ClFN4O4Si. The highest BCUT2D eigenvalue weighted by molar-refractivity contribution is 6.76. The molecule has 1 amide bonds. The second-order valence-electron chi connectivity index (χ2n) is 14.8. The Bertz CT molecular complexity index is 1430. The lowest BCUT2D eigenvalue weighted by molar-refractivity contribution is -0.0209. The molecule has 248 valence electrons. The van der Waals surface area contributed by atoms with Crippen LogP contribution in [0.25, 0.3) is 10.9 Å². The number of likely N-dealkylation sites (N-methyl/N-ethyl adjacent to an activating group) is 1. The zero-order chi connectivity index (χ0) is 33.0. The number of aromatic nitrogens is 2. The number of amides is 1. The molecule has 1 saturated heterocycles. The molecule has 1 fully saturated rings. The monoisotopic (exact) mass is 660 g/mol. The third-order valence-corrected chi connectivity index (χ3v) is 10.1. The van der Waals surface area contributed by atoms with E-state index in [1.165, 1.54) is 12.1 Å². The average molecular weight is 661 g/mol. The quantitative estimate of drug-likeness (QED) is 0.146. The van der Waals surface area contributed by atoms with E-state index in [4.69, 9.17) is 30.9 Å². The number of carbonyl (C=O) groups is 1. The van der Waals surface area contributed by atoms with Crippen LogP contribution in [0.3, 0.4) is 0 Å². The normalized spacial score (nSPS) is 16.4. The number of halogens is 2. The first-order chi connectivity index (χ1) is 21.0. The molecule has 0 spiro atoms. The maximum absolute atomic E-state index is 14.0. The number of benzene rings is 2. The fourth-order valence-corrected chi connectivity index (χ4v) is 6.61. The van der Waals surface area contributed by atoms with Gasteiger partial charge >= 0.3 is 6.09 Å². The van der Waals surface area contributed by atoms with Crippen LogP contribution in [-0.4, -0.2) is 86.3 Å². The Morgan fingerprint density at radius 1 is 1.13 bits per heavy atom. The zero-order valence-corrected chi connectivity index (χ0v) is 29.9. The number of ether oxygens (including phenoxy) is 3. The molecule has 1 atom stereocenters. The summed E-state index contributed by atoms with van der Waals surface area (Å²) in [6.07, 6.45) is 2.63. The van der Waals surface area contributed by atoms with Gasteiger partial charge in [0.1, 0.15) is 18.1 Å². The standard InChI is InChI=1S/C34H50ClFN4O4Si/c1-33(2,3)44-32(41)39-15-13-34(14-16-39,26-9-11-28(36)12-10-26)23-43-30(22-38(4)5)29-20-27(35)19-25-21-40(37-31(25)29)24-42-17-18-45(6,7)8/h9-12,19-21,30H,13-18,22-24H2,1-8H3. The highest BCUT2D eigenvalue weighted by Gasteiger charge is 2.40. The minimum atomic E-state index is -1.19. The van der Waals surface area contributed by atoms with Crippen LogP contribution in [0.15, 0.2) is 42.6 Å². The second-order valence-corrected chi connectivity index (χ2v) is 20.8. The van der Waals surface area contributed by atoms with Gasteiger partial charge in [-0.15, -0.1) is 0 Å². The SMILES string of the molecule is CN(C)CC(OCC1(c2ccc(F)cc2)CCN(C(=O)OC(C)(C)C)CC1)c1cc(Cl)cc2cn(COCC[Si](C)(C)C)nc12. The van der Waals surface area contributed by atoms with Gasteiger partial charge in [-0.25, -0.2) is 13.9 Å². The van der Waals surface area contributed by atoms with Gasteiger partial charge in [-0.2, -0.15) is 5.10 Å². The lowest BCUT2D eigenvalue weighted by Crippen LogP contribution is -2.48. The smallest absolute Gasteiger partial charge is 0.410 e. The van der Waals surface area contributed by atoms with Crippen LogP contribution in [0.4, 0.5) is 9.18 Å². The number of likely N-dealkylation sites (tertiary alicyclic amines) is 1. The van der Waals surface area contributed by atoms with E-state index in [9.17, 15) is 9.18 Å². The Morgan fingerprint density at radius 3 is 2.40 bits per heavy atom. The molecule has 1 aromatic heterocycles. The van der Waals surface area contributed by atoms with Gasteiger partial charge in [-0.05, 0) is 83.6 Å². The number of fused-ring (bicyclic) bond motifs is 1. The minimum Gasteiger partial charge on any atom is -0.444 e. The molecule has 0 aliphatic carbocycles. The summed E-state index contributed by atoms with van der Waals surface area (Å²) in [4.78, 5) is 16.7. The number of hydrogen-bond acceptors (Lipinski definition) is 6. The van der Waals surface area contributed by atoms with Gasteiger partial charge in [0.25, 0.3) is 0 Å². The van der Waals surface area contributed by atoms with Crippen LogP contribution in [0.5, 0.6) is 0 Å². The van der Waals surface area contributed by atoms with E-state index in [1.807, 2.05) is 70.0 Å². The van der Waals surface area contributed by atoms with Crippen molar-refractivity contribution >= 4 is 36.7 Å². The van der Waals surface area contributed by atoms with E-state index in [1.54, 1.807) is 4.90 Å². The predicted octanol–water partition coefficient (Wildman–Crippen LogP) is 7.73. The number of carbonyl (C=O) groups excluding carboxylic acids is 1. The lowest BCUT2D eigenvalue weighted by Gasteiger charge is -2.43. The molecule has 0 radical (unpaired) electrons. The lowest BCUT2D eigenvalue weighted by atomic mass is 9.73. The van der Waals surface area contributed by atoms with Crippen LogP contribution < -0.4 is 0 Å². The molecule has 0 bridgehead atoms. The first-order valence-corrected chi connectivity index (χ1v) is 19.9. The third kappa shape index (κ3) is 9.99. The molecule has 11 heteroatoms. The summed E-state index contributed by atoms with van der Waals surface area (Å²) >= 11 is 6.65. The van der Waals surface area contributed by atoms with Gasteiger partial charge in [0, 0.05) is 61.9 Å². The molecule has 2 aromatic carbocycles. The molecular weight excluding hydrogens is 611 g/mol. The van der Waals surface area contributed by atoms with Crippen LogP contribution in [-0.2, 0) is 26.4 Å². The van der Waals surface area contributed by atoms with Crippen molar-refractivity contribution in [3.63, 3.8) is 0 Å². The van der Waals surface area contributed by atoms with Crippen molar-refractivity contribution in [2.45, 2.75) is 83.1 Å². The summed E-state index contributed by atoms with van der Waals surface area (Å²) in [5.74, 6) is -0.284. The van der Waals surface area contributed by atoms with Gasteiger partial charge in [0.2, 0.25) is 0 Å². The Hall–Kier alpha value is -2.50. The van der Waals surface area contributed by atoms with Gasteiger partial charge in [0.15, 0.2) is 0 Å². The Kier molecular flexibility index (Phi) is 11.4. The van der Waals surface area contributed by atoms with E-state index < -0.39 is 19.1 Å². The molecule has 0 N–H and O–H groups in total. The maximum atomic E-state index is 14.0. The molecule has 8 nitrogen and oxygen atoms in total. The van der Waals surface area contributed by atoms with Crippen molar-refractivity contribution in [3.05, 3.63) is 64.6 Å². The molecule has 3 aromatic rings. The first-order valence-electron chi connectivity index (χ1n) is 15.8. The summed E-state index contributed by atoms with van der Waals surface area (Å²) in [6.45, 7) is 15.7. The largest absolute Gasteiger partial charge is 0.444 e. The Morgan fingerprint density at radius 2 is 1.80 bits per heavy atom. The van der Waals surface area contributed by atoms with Crippen molar-refractivity contribution in [2.75, 3.05) is 46.9 Å². The first kappa shape index (κ1) is 35.4. The molecule has 45 heavy (non-hydrogen) atoms. The summed E-state index contributed by atoms with van der Waals surface area (Å²) < 4.78 is 34.3. The maximum Gasteiger partial charge on any atom is 0.410 e. The van der Waals surface area contributed by atoms with Gasteiger partial charge in [-0.1, -0.05) is 43.4 Å². The molecule has 4 rings (SSSR count). The Labute approximate surface area is 273 Å². The number of hydrogen-bond donors (Lipinski definition) is 0. The molecule has 0 saturated carbocycles. The molecule has 1 aliphatic heterocycles. The highest BCUT2D eigenvalue weighted by atomic mass is 35.5. The average Bonchev–Trinajstić information content (AvgIpc) is 3.34. The van der Waals surface area contributed by atoms with Gasteiger partial charge in [0.05, 0.1) is 18.2 Å². The fraction of sp³-hybridized carbons (Fsp3) is 0.588. The van der Waals surface area contributed by atoms with Gasteiger partial charge < -0.3 is 24.0 Å². The van der Waals surface area contributed by atoms with Gasteiger partial charge in [-0.3, -0.25) is 0 Å². The second kappa shape index (κ2) is 14.5. The van der Waals surface area contributed by atoms with Crippen molar-refractivity contribution in [3.8, 4) is 0 Å². The van der Waals surface area contributed by atoms with Crippen LogP contribution in [0.2, 0.25) is 30.7 Å². The van der Waals surface area contributed by atoms with E-state index in [0.717, 1.165) is 28.1 Å². The summed E-state index contributed by atoms with van der Waals surface area (Å²) in [7, 11) is 2.84. The zero-order valence-electron chi connectivity index (χ0n) is 28.2. The minimum absolute atomic E-state index is 0.284. The third-order valence-electron chi connectivity index (χ3n) is 8.14. The molecule has 2 heterocycles. The number of nitrogens with zero attached hydrogens (tertiary/aromatic N) is 4. The molecule has 1 aliphatic rings. The highest BCUT2D eigenvalue weighted by Crippen LogP contribution is 2.39. The van der Waals surface area contributed by atoms with Crippen molar-refractivity contribution in [1.29, 1.82) is 0 Å². The van der Waals surface area contributed by atoms with E-state index >= 15 is 0 Å². The van der Waals surface area contributed by atoms with Crippen LogP contribution in [0.1, 0.15) is 50.8 Å². The van der Waals surface area contributed by atoms with Crippen LogP contribution >= 0.6 is 11.6 Å². The van der Waals surface area contributed by atoms with Crippen molar-refractivity contribution in [1.82, 2.24) is 19.6 Å². The van der Waals surface area contributed by atoms with E-state index in [2.05, 4.69) is 24.5 Å². The fourth-order valence-electron chi connectivity index (χ4n) is 5.62. The van der Waals surface area contributed by atoms with Crippen molar-refractivity contribution < 1.29 is 23.4 Å². The summed E-state index contributed by atoms with van der Waals surface area (Å²) in [5.41, 5.74) is 1.74. The van der Waals surface area contributed by atoms with E-state index in [0.29, 0.717) is 57.4 Å². The predicted molar refractivity (Wildman–Crippen MR) is 181 cm³/mol.